The number of piperazine rings is 1. The standard InChI is InChI=1S/C14H13Br2NO.C12H22N4O2/c15-11(8-17)5-9-1-3-10-6-12(18)7-14(16)13(10)4-2-9;13-12(18)16-5-1-10(2-6-16)9-11(17)15-7-3-14-4-8-15/h2,5-8,17-18H,1,3-4H2;10,14H,1-9H2,(H2,13,18)/b11-5+,17-8?;. The van der Waals surface area contributed by atoms with Crippen molar-refractivity contribution in [2.24, 2.45) is 11.7 Å². The Morgan fingerprint density at radius 2 is 1.83 bits per heavy atom. The summed E-state index contributed by atoms with van der Waals surface area (Å²) in [6.45, 7) is 4.80. The Balaban J connectivity index is 0.000000201. The number of amides is 3. The molecule has 0 radical (unpaired) electrons. The van der Waals surface area contributed by atoms with Crippen molar-refractivity contribution in [2.45, 2.75) is 38.5 Å². The van der Waals surface area contributed by atoms with Crippen molar-refractivity contribution in [3.05, 3.63) is 49.9 Å². The average molecular weight is 625 g/mol. The number of likely N-dealkylation sites (tertiary alicyclic amines) is 1. The van der Waals surface area contributed by atoms with Gasteiger partial charge in [-0.2, -0.15) is 0 Å². The van der Waals surface area contributed by atoms with E-state index in [4.69, 9.17) is 11.1 Å². The number of rotatable bonds is 4. The number of hydrogen-bond donors (Lipinski definition) is 4. The molecule has 0 bridgehead atoms. The molecular weight excluding hydrogens is 590 g/mol. The number of urea groups is 1. The molecule has 1 aliphatic carbocycles. The molecule has 36 heavy (non-hydrogen) atoms. The van der Waals surface area contributed by atoms with Crippen molar-refractivity contribution in [1.82, 2.24) is 15.1 Å². The number of nitrogens with two attached hydrogens (primary N) is 1. The van der Waals surface area contributed by atoms with E-state index in [9.17, 15) is 14.7 Å². The van der Waals surface area contributed by atoms with Crippen LogP contribution >= 0.6 is 31.9 Å². The van der Waals surface area contributed by atoms with Gasteiger partial charge in [0.05, 0.1) is 0 Å². The first-order valence-corrected chi connectivity index (χ1v) is 13.9. The number of hydrogen-bond acceptors (Lipinski definition) is 5. The van der Waals surface area contributed by atoms with Crippen LogP contribution in [0.1, 0.15) is 36.8 Å². The second kappa shape index (κ2) is 13.9. The highest BCUT2D eigenvalue weighted by molar-refractivity contribution is 9.12. The van der Waals surface area contributed by atoms with Crippen molar-refractivity contribution >= 4 is 50.0 Å². The van der Waals surface area contributed by atoms with Gasteiger partial charge in [-0.05, 0) is 83.3 Å². The average Bonchev–Trinajstić information content (AvgIpc) is 3.07. The number of carbonyl (C=O) groups is 2. The third-order valence-electron chi connectivity index (χ3n) is 6.84. The number of fused-ring (bicyclic) bond motifs is 1. The van der Waals surface area contributed by atoms with Crippen molar-refractivity contribution in [3.8, 4) is 5.75 Å². The molecule has 4 rings (SSSR count). The quantitative estimate of drug-likeness (QED) is 0.377. The van der Waals surface area contributed by atoms with Crippen LogP contribution < -0.4 is 11.1 Å². The summed E-state index contributed by atoms with van der Waals surface area (Å²) in [5.41, 5.74) is 8.88. The topological polar surface area (TPSA) is 123 Å². The molecule has 196 valence electrons. The summed E-state index contributed by atoms with van der Waals surface area (Å²) in [6, 6.07) is 3.23. The maximum absolute atomic E-state index is 12.1. The summed E-state index contributed by atoms with van der Waals surface area (Å²) in [7, 11) is 0. The molecule has 0 spiro atoms. The fourth-order valence-corrected chi connectivity index (χ4v) is 5.69. The Morgan fingerprint density at radius 3 is 2.47 bits per heavy atom. The number of aryl methyl sites for hydroxylation is 1. The van der Waals surface area contributed by atoms with Crippen molar-refractivity contribution < 1.29 is 14.7 Å². The van der Waals surface area contributed by atoms with E-state index in [-0.39, 0.29) is 11.9 Å². The van der Waals surface area contributed by atoms with Crippen LogP contribution in [0.2, 0.25) is 0 Å². The Kier molecular flexibility index (Phi) is 11.0. The van der Waals surface area contributed by atoms with Gasteiger partial charge in [0.1, 0.15) is 5.75 Å². The molecule has 0 saturated carbocycles. The molecule has 1 aromatic carbocycles. The number of phenols is 1. The Morgan fingerprint density at radius 1 is 1.14 bits per heavy atom. The first-order valence-electron chi connectivity index (χ1n) is 12.4. The second-order valence-corrected chi connectivity index (χ2v) is 11.1. The largest absolute Gasteiger partial charge is 0.508 e. The number of allylic oxidation sites excluding steroid dienone is 4. The lowest BCUT2D eigenvalue weighted by Crippen LogP contribution is -2.47. The molecule has 10 heteroatoms. The van der Waals surface area contributed by atoms with E-state index in [1.54, 1.807) is 11.0 Å². The van der Waals surface area contributed by atoms with Gasteiger partial charge in [0.25, 0.3) is 0 Å². The molecule has 0 aromatic heterocycles. The monoisotopic (exact) mass is 623 g/mol. The van der Waals surface area contributed by atoms with Gasteiger partial charge < -0.3 is 31.4 Å². The van der Waals surface area contributed by atoms with E-state index in [1.165, 1.54) is 22.9 Å². The number of benzene rings is 1. The molecule has 1 aromatic rings. The smallest absolute Gasteiger partial charge is 0.314 e. The maximum Gasteiger partial charge on any atom is 0.314 e. The number of nitrogens with one attached hydrogen (secondary N) is 2. The minimum Gasteiger partial charge on any atom is -0.508 e. The molecule has 0 unspecified atom stereocenters. The molecule has 3 aliphatic rings. The minimum atomic E-state index is -0.345. The number of aromatic hydroxyl groups is 1. The molecule has 2 aliphatic heterocycles. The Hall–Kier alpha value is -2.17. The van der Waals surface area contributed by atoms with Crippen molar-refractivity contribution in [1.29, 1.82) is 5.41 Å². The predicted octanol–water partition coefficient (Wildman–Crippen LogP) is 4.10. The highest BCUT2D eigenvalue weighted by atomic mass is 79.9. The van der Waals surface area contributed by atoms with Gasteiger partial charge in [-0.3, -0.25) is 4.79 Å². The summed E-state index contributed by atoms with van der Waals surface area (Å²) in [5, 5.41) is 20.0. The fraction of sp³-hybridized carbons (Fsp3) is 0.500. The first-order chi connectivity index (χ1) is 17.3. The zero-order valence-corrected chi connectivity index (χ0v) is 23.6. The van der Waals surface area contributed by atoms with Crippen LogP contribution in [-0.2, 0) is 17.6 Å². The molecule has 2 saturated heterocycles. The van der Waals surface area contributed by atoms with Crippen molar-refractivity contribution in [2.75, 3.05) is 39.3 Å². The van der Waals surface area contributed by atoms with E-state index >= 15 is 0 Å². The zero-order chi connectivity index (χ0) is 26.1. The summed E-state index contributed by atoms with van der Waals surface area (Å²) in [4.78, 5) is 26.7. The van der Waals surface area contributed by atoms with Gasteiger partial charge >= 0.3 is 6.03 Å². The third kappa shape index (κ3) is 8.45. The summed E-state index contributed by atoms with van der Waals surface area (Å²) in [6.07, 6.45) is 10.5. The van der Waals surface area contributed by atoms with Gasteiger partial charge in [-0.25, -0.2) is 4.79 Å². The van der Waals surface area contributed by atoms with E-state index in [0.29, 0.717) is 31.2 Å². The van der Waals surface area contributed by atoms with Crippen LogP contribution in [0.15, 0.2) is 38.8 Å². The lowest BCUT2D eigenvalue weighted by Gasteiger charge is -2.33. The van der Waals surface area contributed by atoms with E-state index in [0.717, 1.165) is 67.2 Å². The number of primary amides is 1. The lowest BCUT2D eigenvalue weighted by molar-refractivity contribution is -0.133. The fourth-order valence-electron chi connectivity index (χ4n) is 4.74. The number of piperidine rings is 1. The van der Waals surface area contributed by atoms with E-state index in [1.807, 2.05) is 17.0 Å². The van der Waals surface area contributed by atoms with Crippen LogP contribution in [0, 0.1) is 11.3 Å². The van der Waals surface area contributed by atoms with Crippen LogP contribution in [0.3, 0.4) is 0 Å². The maximum atomic E-state index is 12.1. The number of nitrogens with zero attached hydrogens (tertiary/aromatic N) is 2. The molecular formula is C26H35Br2N5O3. The number of carbonyl (C=O) groups excluding carboxylic acids is 2. The van der Waals surface area contributed by atoms with Gasteiger partial charge in [0.2, 0.25) is 5.91 Å². The van der Waals surface area contributed by atoms with Gasteiger partial charge in [0.15, 0.2) is 0 Å². The summed E-state index contributed by atoms with van der Waals surface area (Å²) in [5.74, 6) is 0.970. The summed E-state index contributed by atoms with van der Waals surface area (Å²) >= 11 is 6.83. The van der Waals surface area contributed by atoms with E-state index < -0.39 is 0 Å². The van der Waals surface area contributed by atoms with Crippen LogP contribution in [0.25, 0.3) is 0 Å². The third-order valence-corrected chi connectivity index (χ3v) is 8.01. The minimum absolute atomic E-state index is 0.258. The van der Waals surface area contributed by atoms with Crippen LogP contribution in [0.5, 0.6) is 5.75 Å². The van der Waals surface area contributed by atoms with Gasteiger partial charge in [-0.15, -0.1) is 0 Å². The normalized spacial score (nSPS) is 18.8. The highest BCUT2D eigenvalue weighted by Gasteiger charge is 2.25. The zero-order valence-electron chi connectivity index (χ0n) is 20.4. The van der Waals surface area contributed by atoms with Gasteiger partial charge in [0, 0.05) is 60.9 Å². The molecule has 2 heterocycles. The number of phenolic OH excluding ortho intramolecular Hbond substituents is 1. The second-order valence-electron chi connectivity index (χ2n) is 9.33. The highest BCUT2D eigenvalue weighted by Crippen LogP contribution is 2.31. The van der Waals surface area contributed by atoms with Gasteiger partial charge in [-0.1, -0.05) is 27.6 Å². The molecule has 2 fully saturated rings. The summed E-state index contributed by atoms with van der Waals surface area (Å²) < 4.78 is 1.74. The number of halogens is 2. The Labute approximate surface area is 229 Å². The molecule has 8 nitrogen and oxygen atoms in total. The van der Waals surface area contributed by atoms with E-state index in [2.05, 4.69) is 43.3 Å². The molecule has 5 N–H and O–H groups in total. The van der Waals surface area contributed by atoms with Crippen LogP contribution in [-0.4, -0.2) is 72.3 Å². The lowest BCUT2D eigenvalue weighted by atomic mass is 9.93. The Bertz CT molecular complexity index is 1010. The predicted molar refractivity (Wildman–Crippen MR) is 150 cm³/mol. The first kappa shape index (κ1) is 28.4. The van der Waals surface area contributed by atoms with Crippen LogP contribution in [0.4, 0.5) is 4.79 Å². The van der Waals surface area contributed by atoms with Crippen molar-refractivity contribution in [3.63, 3.8) is 0 Å². The molecule has 0 atom stereocenters. The molecule has 3 amide bonds. The SMILES string of the molecule is N=C/C(Br)=C\C1=CCc2c(Br)cc(O)cc2CC1.NC(=O)N1CCC(CC(=O)N2CCNCC2)CC1.